The fourth-order valence-electron chi connectivity index (χ4n) is 5.67. The number of hydrogen-bond donors (Lipinski definition) is 1. The number of rotatable bonds is 0. The average molecular weight is 450 g/mol. The Balaban J connectivity index is 1.42. The smallest absolute Gasteiger partial charge is 0.246 e. The van der Waals surface area contributed by atoms with E-state index in [0.29, 0.717) is 31.7 Å². The van der Waals surface area contributed by atoms with Crippen molar-refractivity contribution >= 4 is 11.8 Å². The van der Waals surface area contributed by atoms with Crippen molar-refractivity contribution in [3.63, 3.8) is 0 Å². The third-order valence-corrected chi connectivity index (χ3v) is 7.32. The predicted octanol–water partition coefficient (Wildman–Crippen LogP) is 2.28. The van der Waals surface area contributed by atoms with E-state index in [4.69, 9.17) is 14.2 Å². The summed E-state index contributed by atoms with van der Waals surface area (Å²) >= 11 is 0. The lowest BCUT2D eigenvalue weighted by molar-refractivity contribution is -0.143. The third-order valence-electron chi connectivity index (χ3n) is 7.32. The molecule has 1 aromatic rings. The highest BCUT2D eigenvalue weighted by molar-refractivity contribution is 5.80. The molecular weight excluding hydrogens is 422 g/mol. The molecule has 1 N–H and O–H groups in total. The predicted molar refractivity (Wildman–Crippen MR) is 109 cm³/mol. The molecule has 1 spiro atoms. The van der Waals surface area contributed by atoms with Crippen molar-refractivity contribution < 1.29 is 32.6 Å². The zero-order chi connectivity index (χ0) is 22.3. The second-order valence-corrected chi connectivity index (χ2v) is 9.26. The van der Waals surface area contributed by atoms with Gasteiger partial charge in [-0.1, -0.05) is 0 Å². The molecule has 0 aromatic heterocycles. The maximum absolute atomic E-state index is 14.6. The SMILES string of the molecule is O=C1COCC2(CCN3C(=O)CCOc4c(F)cc(F)cc4C4CCC(CC4)OCC32)N1. The number of nitrogens with one attached hydrogen (secondary N) is 1. The Hall–Kier alpha value is -2.26. The molecule has 0 radical (unpaired) electrons. The molecule has 1 saturated carbocycles. The molecule has 6 rings (SSSR count). The fraction of sp³-hybridized carbons (Fsp3) is 0.652. The number of hydrogen-bond acceptors (Lipinski definition) is 5. The molecule has 3 fully saturated rings. The highest BCUT2D eigenvalue weighted by atomic mass is 19.1. The van der Waals surface area contributed by atoms with E-state index in [1.165, 1.54) is 6.07 Å². The molecule has 7 nitrogen and oxygen atoms in total. The van der Waals surface area contributed by atoms with E-state index in [-0.39, 0.29) is 55.3 Å². The van der Waals surface area contributed by atoms with E-state index in [1.807, 2.05) is 0 Å². The van der Waals surface area contributed by atoms with Gasteiger partial charge in [0.15, 0.2) is 11.6 Å². The van der Waals surface area contributed by atoms with Crippen molar-refractivity contribution in [3.8, 4) is 5.75 Å². The van der Waals surface area contributed by atoms with Crippen molar-refractivity contribution in [1.82, 2.24) is 10.2 Å². The van der Waals surface area contributed by atoms with Gasteiger partial charge in [-0.2, -0.15) is 0 Å². The minimum absolute atomic E-state index is 0.00761. The lowest BCUT2D eigenvalue weighted by atomic mass is 9.82. The summed E-state index contributed by atoms with van der Waals surface area (Å²) in [5.74, 6) is -1.67. The fourth-order valence-corrected chi connectivity index (χ4v) is 5.67. The Kier molecular flexibility index (Phi) is 5.79. The minimum Gasteiger partial charge on any atom is -0.490 e. The third kappa shape index (κ3) is 3.96. The summed E-state index contributed by atoms with van der Waals surface area (Å²) in [4.78, 5) is 26.9. The van der Waals surface area contributed by atoms with E-state index >= 15 is 0 Å². The molecule has 2 amide bonds. The number of morpholine rings is 1. The van der Waals surface area contributed by atoms with E-state index in [1.54, 1.807) is 4.90 Å². The normalized spacial score (nSPS) is 33.3. The van der Waals surface area contributed by atoms with Gasteiger partial charge in [0, 0.05) is 18.2 Å². The van der Waals surface area contributed by atoms with Crippen LogP contribution in [0.1, 0.15) is 50.0 Å². The van der Waals surface area contributed by atoms with Crippen LogP contribution in [0.15, 0.2) is 12.1 Å². The van der Waals surface area contributed by atoms with Gasteiger partial charge in [-0.3, -0.25) is 9.59 Å². The van der Waals surface area contributed by atoms with Gasteiger partial charge >= 0.3 is 0 Å². The Morgan fingerprint density at radius 1 is 1.12 bits per heavy atom. The lowest BCUT2D eigenvalue weighted by Crippen LogP contribution is -2.65. The molecule has 9 heteroatoms. The van der Waals surface area contributed by atoms with Crippen LogP contribution in [0.2, 0.25) is 0 Å². The summed E-state index contributed by atoms with van der Waals surface area (Å²) in [6, 6.07) is 1.84. The van der Waals surface area contributed by atoms with E-state index in [9.17, 15) is 18.4 Å². The number of nitrogens with zero attached hydrogens (tertiary/aromatic N) is 1. The molecule has 4 aliphatic heterocycles. The van der Waals surface area contributed by atoms with Gasteiger partial charge in [0.2, 0.25) is 11.8 Å². The molecule has 4 heterocycles. The number of carbonyl (C=O) groups excluding carboxylic acids is 2. The highest BCUT2D eigenvalue weighted by Crippen LogP contribution is 2.41. The lowest BCUT2D eigenvalue weighted by Gasteiger charge is -2.41. The van der Waals surface area contributed by atoms with Crippen LogP contribution in [0.4, 0.5) is 8.78 Å². The Labute approximate surface area is 185 Å². The summed E-state index contributed by atoms with van der Waals surface area (Å²) in [6.45, 7) is 1.13. The summed E-state index contributed by atoms with van der Waals surface area (Å²) in [5.41, 5.74) is -0.123. The maximum Gasteiger partial charge on any atom is 0.246 e. The maximum atomic E-state index is 14.6. The van der Waals surface area contributed by atoms with Crippen molar-refractivity contribution in [2.75, 3.05) is 33.0 Å². The molecule has 174 valence electrons. The second-order valence-electron chi connectivity index (χ2n) is 9.26. The summed E-state index contributed by atoms with van der Waals surface area (Å²) < 4.78 is 46.0. The van der Waals surface area contributed by atoms with Crippen LogP contribution in [-0.2, 0) is 19.1 Å². The van der Waals surface area contributed by atoms with E-state index in [2.05, 4.69) is 5.32 Å². The number of ether oxygens (including phenoxy) is 3. The van der Waals surface area contributed by atoms with Crippen molar-refractivity contribution in [3.05, 3.63) is 29.3 Å². The number of fused-ring (bicyclic) bond motifs is 6. The summed E-state index contributed by atoms with van der Waals surface area (Å²) in [7, 11) is 0. The topological polar surface area (TPSA) is 77.1 Å². The van der Waals surface area contributed by atoms with Crippen LogP contribution in [0.25, 0.3) is 0 Å². The Bertz CT molecular complexity index is 905. The standard InChI is InChI=1S/C23H28F2N2O5/c24-15-9-17-14-1-3-16(4-2-14)32-11-19-23(13-30-12-20(28)26-23)6-7-27(19)21(29)5-8-31-22(17)18(25)10-15/h9-10,14,16,19H,1-8,11-13H2,(H,26,28). The first-order chi connectivity index (χ1) is 15.4. The second kappa shape index (κ2) is 8.59. The molecule has 1 aliphatic carbocycles. The summed E-state index contributed by atoms with van der Waals surface area (Å²) in [6.07, 6.45) is 3.60. The summed E-state index contributed by atoms with van der Waals surface area (Å²) in [5, 5.41) is 3.06. The zero-order valence-corrected chi connectivity index (χ0v) is 17.9. The first-order valence-corrected chi connectivity index (χ1v) is 11.4. The van der Waals surface area contributed by atoms with Crippen LogP contribution in [0.5, 0.6) is 5.75 Å². The van der Waals surface area contributed by atoms with Crippen LogP contribution in [0, 0.1) is 11.6 Å². The van der Waals surface area contributed by atoms with Gasteiger partial charge in [-0.15, -0.1) is 0 Å². The molecule has 1 aromatic carbocycles. The average Bonchev–Trinajstić information content (AvgIpc) is 3.10. The molecule has 2 atom stereocenters. The van der Waals surface area contributed by atoms with E-state index < -0.39 is 17.2 Å². The largest absolute Gasteiger partial charge is 0.490 e. The minimum atomic E-state index is -0.738. The van der Waals surface area contributed by atoms with E-state index in [0.717, 1.165) is 31.7 Å². The monoisotopic (exact) mass is 450 g/mol. The van der Waals surface area contributed by atoms with Crippen LogP contribution in [-0.4, -0.2) is 67.4 Å². The molecule has 32 heavy (non-hydrogen) atoms. The van der Waals surface area contributed by atoms with Crippen LogP contribution >= 0.6 is 0 Å². The molecular formula is C23H28F2N2O5. The molecule has 5 aliphatic rings. The van der Waals surface area contributed by atoms with Gasteiger partial charge in [-0.05, 0) is 44.1 Å². The van der Waals surface area contributed by atoms with Gasteiger partial charge in [0.05, 0.1) is 43.9 Å². The molecule has 2 saturated heterocycles. The van der Waals surface area contributed by atoms with Gasteiger partial charge in [-0.25, -0.2) is 8.78 Å². The van der Waals surface area contributed by atoms with Crippen LogP contribution < -0.4 is 10.1 Å². The first kappa shape index (κ1) is 21.6. The Morgan fingerprint density at radius 3 is 2.72 bits per heavy atom. The number of amides is 2. The first-order valence-electron chi connectivity index (χ1n) is 11.4. The van der Waals surface area contributed by atoms with Gasteiger partial charge in [0.25, 0.3) is 0 Å². The van der Waals surface area contributed by atoms with Crippen molar-refractivity contribution in [1.29, 1.82) is 0 Å². The Morgan fingerprint density at radius 2 is 1.94 bits per heavy atom. The van der Waals surface area contributed by atoms with Crippen molar-refractivity contribution in [2.45, 2.75) is 62.1 Å². The number of benzene rings is 1. The van der Waals surface area contributed by atoms with Gasteiger partial charge in [0.1, 0.15) is 12.4 Å². The number of carbonyl (C=O) groups is 2. The quantitative estimate of drug-likeness (QED) is 0.656. The zero-order valence-electron chi connectivity index (χ0n) is 17.9. The van der Waals surface area contributed by atoms with Crippen LogP contribution in [0.3, 0.4) is 0 Å². The number of halogens is 2. The highest BCUT2D eigenvalue weighted by Gasteiger charge is 2.52. The molecule has 2 unspecified atom stereocenters. The van der Waals surface area contributed by atoms with Gasteiger partial charge < -0.3 is 24.4 Å². The van der Waals surface area contributed by atoms with Crippen molar-refractivity contribution in [2.24, 2.45) is 0 Å². The molecule has 2 bridgehead atoms.